The van der Waals surface area contributed by atoms with E-state index in [1.54, 1.807) is 0 Å². The molecule has 2 aromatic rings. The maximum atomic E-state index is 13.1. The molecule has 134 valence electrons. The highest BCUT2D eigenvalue weighted by molar-refractivity contribution is 7.89. The first kappa shape index (κ1) is 18.8. The van der Waals surface area contributed by atoms with Crippen molar-refractivity contribution in [3.05, 3.63) is 54.1 Å². The Balaban J connectivity index is 1.94. The minimum absolute atomic E-state index is 0.0936. The maximum Gasteiger partial charge on any atom is 0.262 e. The van der Waals surface area contributed by atoms with Crippen molar-refractivity contribution in [3.8, 4) is 5.75 Å². The highest BCUT2D eigenvalue weighted by atomic mass is 32.2. The van der Waals surface area contributed by atoms with Gasteiger partial charge in [0.05, 0.1) is 4.90 Å². The summed E-state index contributed by atoms with van der Waals surface area (Å²) in [5.41, 5.74) is 0.0972. The predicted octanol–water partition coefficient (Wildman–Crippen LogP) is 2.23. The first-order chi connectivity index (χ1) is 11.7. The molecule has 0 bridgehead atoms. The van der Waals surface area contributed by atoms with Crippen LogP contribution in [-0.4, -0.2) is 39.3 Å². The summed E-state index contributed by atoms with van der Waals surface area (Å²) in [6, 6.07) is 8.53. The average molecular weight is 370 g/mol. The van der Waals surface area contributed by atoms with E-state index in [1.165, 1.54) is 44.4 Å². The Morgan fingerprint density at radius 2 is 1.72 bits per heavy atom. The maximum absolute atomic E-state index is 13.1. The zero-order chi connectivity index (χ0) is 18.6. The smallest absolute Gasteiger partial charge is 0.262 e. The van der Waals surface area contributed by atoms with Gasteiger partial charge in [-0.3, -0.25) is 4.79 Å². The molecule has 0 aliphatic rings. The van der Waals surface area contributed by atoms with Gasteiger partial charge in [0.15, 0.2) is 18.2 Å². The topological polar surface area (TPSA) is 75.7 Å². The summed E-state index contributed by atoms with van der Waals surface area (Å²) in [4.78, 5) is 11.8. The summed E-state index contributed by atoms with van der Waals surface area (Å²) in [7, 11) is -0.703. The fraction of sp³-hybridized carbons (Fsp3) is 0.188. The Morgan fingerprint density at radius 1 is 1.08 bits per heavy atom. The SMILES string of the molecule is CN(C)S(=O)(=O)c1ccc(OCC(=O)Nc2ccc(F)c(F)c2)cc1. The van der Waals surface area contributed by atoms with Gasteiger partial charge in [-0.05, 0) is 36.4 Å². The van der Waals surface area contributed by atoms with Crippen molar-refractivity contribution in [2.24, 2.45) is 0 Å². The lowest BCUT2D eigenvalue weighted by Crippen LogP contribution is -2.22. The lowest BCUT2D eigenvalue weighted by atomic mass is 10.3. The van der Waals surface area contributed by atoms with Crippen LogP contribution < -0.4 is 10.1 Å². The zero-order valence-corrected chi connectivity index (χ0v) is 14.3. The summed E-state index contributed by atoms with van der Waals surface area (Å²) in [6.07, 6.45) is 0. The minimum atomic E-state index is -3.54. The normalized spacial score (nSPS) is 11.4. The summed E-state index contributed by atoms with van der Waals surface area (Å²) < 4.78 is 56.0. The number of halogens is 2. The van der Waals surface area contributed by atoms with Gasteiger partial charge in [-0.15, -0.1) is 0 Å². The molecule has 0 heterocycles. The van der Waals surface area contributed by atoms with Crippen LogP contribution in [0, 0.1) is 11.6 Å². The second kappa shape index (κ2) is 7.58. The van der Waals surface area contributed by atoms with Crippen LogP contribution in [0.15, 0.2) is 47.4 Å². The van der Waals surface area contributed by atoms with Gasteiger partial charge in [0.1, 0.15) is 5.75 Å². The lowest BCUT2D eigenvalue weighted by molar-refractivity contribution is -0.118. The van der Waals surface area contributed by atoms with Crippen molar-refractivity contribution in [2.45, 2.75) is 4.90 Å². The van der Waals surface area contributed by atoms with Crippen LogP contribution in [0.4, 0.5) is 14.5 Å². The van der Waals surface area contributed by atoms with Gasteiger partial charge in [-0.1, -0.05) is 0 Å². The van der Waals surface area contributed by atoms with Crippen molar-refractivity contribution in [1.82, 2.24) is 4.31 Å². The molecular weight excluding hydrogens is 354 g/mol. The predicted molar refractivity (Wildman–Crippen MR) is 87.8 cm³/mol. The van der Waals surface area contributed by atoms with Gasteiger partial charge in [0.25, 0.3) is 5.91 Å². The number of sulfonamides is 1. The first-order valence-corrected chi connectivity index (χ1v) is 8.54. The Labute approximate surface area is 144 Å². The van der Waals surface area contributed by atoms with E-state index < -0.39 is 27.6 Å². The Hall–Kier alpha value is -2.52. The monoisotopic (exact) mass is 370 g/mol. The molecule has 0 saturated heterocycles. The Bertz CT molecular complexity index is 868. The fourth-order valence-electron chi connectivity index (χ4n) is 1.84. The van der Waals surface area contributed by atoms with Crippen LogP contribution in [0.1, 0.15) is 0 Å². The molecule has 6 nitrogen and oxygen atoms in total. The van der Waals surface area contributed by atoms with Crippen LogP contribution in [0.2, 0.25) is 0 Å². The summed E-state index contributed by atoms with van der Waals surface area (Å²) in [5, 5.41) is 2.36. The molecule has 25 heavy (non-hydrogen) atoms. The summed E-state index contributed by atoms with van der Waals surface area (Å²) in [6.45, 7) is -0.376. The van der Waals surface area contributed by atoms with E-state index in [-0.39, 0.29) is 22.9 Å². The van der Waals surface area contributed by atoms with E-state index >= 15 is 0 Å². The van der Waals surface area contributed by atoms with Crippen LogP contribution in [0.3, 0.4) is 0 Å². The number of nitrogens with zero attached hydrogens (tertiary/aromatic N) is 1. The molecule has 0 aliphatic carbocycles. The first-order valence-electron chi connectivity index (χ1n) is 7.10. The fourth-order valence-corrected chi connectivity index (χ4v) is 2.74. The van der Waals surface area contributed by atoms with E-state index in [4.69, 9.17) is 4.74 Å². The second-order valence-electron chi connectivity index (χ2n) is 5.22. The Morgan fingerprint density at radius 3 is 2.28 bits per heavy atom. The molecular formula is C16H16F2N2O4S. The summed E-state index contributed by atoms with van der Waals surface area (Å²) >= 11 is 0. The largest absolute Gasteiger partial charge is 0.484 e. The number of ether oxygens (including phenoxy) is 1. The van der Waals surface area contributed by atoms with Crippen molar-refractivity contribution < 1.29 is 26.7 Å². The third-order valence-electron chi connectivity index (χ3n) is 3.18. The van der Waals surface area contributed by atoms with Gasteiger partial charge in [0.2, 0.25) is 10.0 Å². The molecule has 1 N–H and O–H groups in total. The molecule has 0 aromatic heterocycles. The number of nitrogens with one attached hydrogen (secondary N) is 1. The van der Waals surface area contributed by atoms with E-state index in [0.717, 1.165) is 16.4 Å². The molecule has 2 rings (SSSR count). The number of rotatable bonds is 6. The highest BCUT2D eigenvalue weighted by Crippen LogP contribution is 2.18. The number of carbonyl (C=O) groups is 1. The third kappa shape index (κ3) is 4.74. The van der Waals surface area contributed by atoms with E-state index in [1.807, 2.05) is 0 Å². The average Bonchev–Trinajstić information content (AvgIpc) is 2.56. The number of benzene rings is 2. The van der Waals surface area contributed by atoms with Gasteiger partial charge >= 0.3 is 0 Å². The minimum Gasteiger partial charge on any atom is -0.484 e. The lowest BCUT2D eigenvalue weighted by Gasteiger charge is -2.12. The highest BCUT2D eigenvalue weighted by Gasteiger charge is 2.16. The molecule has 0 fully saturated rings. The van der Waals surface area contributed by atoms with E-state index in [2.05, 4.69) is 5.32 Å². The van der Waals surface area contributed by atoms with E-state index in [0.29, 0.717) is 0 Å². The molecule has 2 aromatic carbocycles. The second-order valence-corrected chi connectivity index (χ2v) is 7.38. The van der Waals surface area contributed by atoms with Gasteiger partial charge in [0, 0.05) is 25.8 Å². The number of anilines is 1. The molecule has 0 saturated carbocycles. The number of carbonyl (C=O) groups excluding carboxylic acids is 1. The number of hydrogen-bond donors (Lipinski definition) is 1. The summed E-state index contributed by atoms with van der Waals surface area (Å²) in [5.74, 6) is -2.37. The van der Waals surface area contributed by atoms with Crippen molar-refractivity contribution in [3.63, 3.8) is 0 Å². The van der Waals surface area contributed by atoms with Crippen LogP contribution in [0.25, 0.3) is 0 Å². The van der Waals surface area contributed by atoms with Gasteiger partial charge < -0.3 is 10.1 Å². The van der Waals surface area contributed by atoms with Gasteiger partial charge in [-0.2, -0.15) is 0 Å². The third-order valence-corrected chi connectivity index (χ3v) is 5.00. The molecule has 0 spiro atoms. The number of amides is 1. The molecule has 0 atom stereocenters. The molecule has 0 radical (unpaired) electrons. The van der Waals surface area contributed by atoms with Crippen LogP contribution in [0.5, 0.6) is 5.75 Å². The molecule has 0 unspecified atom stereocenters. The molecule has 0 aliphatic heterocycles. The van der Waals surface area contributed by atoms with Crippen molar-refractivity contribution >= 4 is 21.6 Å². The standard InChI is InChI=1S/C16H16F2N2O4S/c1-20(2)25(22,23)13-6-4-12(5-7-13)24-10-16(21)19-11-3-8-14(17)15(18)9-11/h3-9H,10H2,1-2H3,(H,19,21). The van der Waals surface area contributed by atoms with Crippen LogP contribution >= 0.6 is 0 Å². The van der Waals surface area contributed by atoms with Gasteiger partial charge in [-0.25, -0.2) is 21.5 Å². The van der Waals surface area contributed by atoms with E-state index in [9.17, 15) is 22.0 Å². The van der Waals surface area contributed by atoms with Crippen LogP contribution in [-0.2, 0) is 14.8 Å². The van der Waals surface area contributed by atoms with Crippen molar-refractivity contribution in [1.29, 1.82) is 0 Å². The quantitative estimate of drug-likeness (QED) is 0.846. The number of hydrogen-bond acceptors (Lipinski definition) is 4. The molecule has 9 heteroatoms. The Kier molecular flexibility index (Phi) is 5.70. The van der Waals surface area contributed by atoms with Crippen molar-refractivity contribution in [2.75, 3.05) is 26.0 Å². The molecule has 1 amide bonds. The zero-order valence-electron chi connectivity index (χ0n) is 13.5.